The van der Waals surface area contributed by atoms with Gasteiger partial charge in [-0.15, -0.1) is 11.3 Å². The summed E-state index contributed by atoms with van der Waals surface area (Å²) >= 11 is 1.50. The van der Waals surface area contributed by atoms with Crippen LogP contribution >= 0.6 is 11.3 Å². The van der Waals surface area contributed by atoms with Crippen LogP contribution in [0.5, 0.6) is 0 Å². The van der Waals surface area contributed by atoms with Gasteiger partial charge in [-0.25, -0.2) is 8.42 Å². The molecule has 1 aromatic carbocycles. The summed E-state index contributed by atoms with van der Waals surface area (Å²) in [5.41, 5.74) is 0.297. The highest BCUT2D eigenvalue weighted by Crippen LogP contribution is 2.23. The topological polar surface area (TPSA) is 96.6 Å². The number of amides is 1. The van der Waals surface area contributed by atoms with Crippen LogP contribution in [0.4, 0.5) is 0 Å². The number of nitrogens with zero attached hydrogens (tertiary/aromatic N) is 4. The van der Waals surface area contributed by atoms with Crippen LogP contribution in [0.3, 0.4) is 0 Å². The van der Waals surface area contributed by atoms with Gasteiger partial charge in [0.15, 0.2) is 0 Å². The Kier molecular flexibility index (Phi) is 5.48. The van der Waals surface area contributed by atoms with Gasteiger partial charge >= 0.3 is 0 Å². The van der Waals surface area contributed by atoms with Gasteiger partial charge in [-0.3, -0.25) is 4.79 Å². The van der Waals surface area contributed by atoms with Crippen LogP contribution in [0.2, 0.25) is 0 Å². The SMILES string of the molecule is CN(Cc1nc(-c2cccs2)no1)C(=O)c1cccc(S(=O)(=O)N2CCCC2)c1. The molecule has 0 aliphatic carbocycles. The minimum atomic E-state index is -3.58. The van der Waals surface area contributed by atoms with Crippen molar-refractivity contribution in [2.24, 2.45) is 0 Å². The van der Waals surface area contributed by atoms with Gasteiger partial charge in [0.1, 0.15) is 0 Å². The fourth-order valence-corrected chi connectivity index (χ4v) is 5.40. The van der Waals surface area contributed by atoms with E-state index in [1.54, 1.807) is 19.2 Å². The molecule has 1 amide bonds. The Labute approximate surface area is 172 Å². The predicted molar refractivity (Wildman–Crippen MR) is 108 cm³/mol. The van der Waals surface area contributed by atoms with E-state index in [2.05, 4.69) is 10.1 Å². The predicted octanol–water partition coefficient (Wildman–Crippen LogP) is 2.85. The molecule has 1 aliphatic rings. The summed E-state index contributed by atoms with van der Waals surface area (Å²) < 4.78 is 32.2. The lowest BCUT2D eigenvalue weighted by Crippen LogP contribution is -2.29. The van der Waals surface area contributed by atoms with Crippen molar-refractivity contribution < 1.29 is 17.7 Å². The Morgan fingerprint density at radius 3 is 2.76 bits per heavy atom. The fourth-order valence-electron chi connectivity index (χ4n) is 3.19. The first-order valence-corrected chi connectivity index (χ1v) is 11.5. The number of carbonyl (C=O) groups is 1. The van der Waals surface area contributed by atoms with Gasteiger partial charge < -0.3 is 9.42 Å². The van der Waals surface area contributed by atoms with Crippen molar-refractivity contribution in [3.8, 4) is 10.7 Å². The molecule has 3 heterocycles. The van der Waals surface area contributed by atoms with Crippen LogP contribution < -0.4 is 0 Å². The maximum absolute atomic E-state index is 12.8. The van der Waals surface area contributed by atoms with E-state index in [1.807, 2.05) is 17.5 Å². The molecule has 0 N–H and O–H groups in total. The number of carbonyl (C=O) groups excluding carboxylic acids is 1. The number of hydrogen-bond donors (Lipinski definition) is 0. The summed E-state index contributed by atoms with van der Waals surface area (Å²) in [7, 11) is -1.97. The Balaban J connectivity index is 1.49. The average molecular weight is 433 g/mol. The van der Waals surface area contributed by atoms with E-state index in [0.717, 1.165) is 17.7 Å². The third-order valence-electron chi connectivity index (χ3n) is 4.71. The summed E-state index contributed by atoms with van der Waals surface area (Å²) in [6.07, 6.45) is 1.72. The van der Waals surface area contributed by atoms with Crippen molar-refractivity contribution in [2.75, 3.05) is 20.1 Å². The molecular weight excluding hydrogens is 412 g/mol. The molecular formula is C19H20N4O4S2. The van der Waals surface area contributed by atoms with Crippen LogP contribution in [0.15, 0.2) is 51.2 Å². The first-order chi connectivity index (χ1) is 13.9. The highest BCUT2D eigenvalue weighted by atomic mass is 32.2. The molecule has 29 heavy (non-hydrogen) atoms. The molecule has 0 spiro atoms. The first kappa shape index (κ1) is 19.7. The van der Waals surface area contributed by atoms with Gasteiger partial charge in [0.2, 0.25) is 21.7 Å². The van der Waals surface area contributed by atoms with Crippen LogP contribution in [-0.4, -0.2) is 53.8 Å². The minimum absolute atomic E-state index is 0.125. The summed E-state index contributed by atoms with van der Waals surface area (Å²) in [6, 6.07) is 9.93. The Bertz CT molecular complexity index is 1100. The average Bonchev–Trinajstić information content (AvgIpc) is 3.49. The molecule has 1 fully saturated rings. The quantitative estimate of drug-likeness (QED) is 0.594. The van der Waals surface area contributed by atoms with E-state index in [9.17, 15) is 13.2 Å². The second kappa shape index (κ2) is 8.05. The summed E-state index contributed by atoms with van der Waals surface area (Å²) in [6.45, 7) is 1.16. The Hall–Kier alpha value is -2.56. The van der Waals surface area contributed by atoms with Crippen molar-refractivity contribution in [1.29, 1.82) is 0 Å². The number of rotatable bonds is 6. The van der Waals surface area contributed by atoms with Crippen molar-refractivity contribution >= 4 is 27.3 Å². The lowest BCUT2D eigenvalue weighted by Gasteiger charge is -2.18. The molecule has 1 saturated heterocycles. The van der Waals surface area contributed by atoms with Crippen molar-refractivity contribution in [2.45, 2.75) is 24.3 Å². The second-order valence-corrected chi connectivity index (χ2v) is 9.67. The summed E-state index contributed by atoms with van der Waals surface area (Å²) in [5, 5.41) is 5.86. The van der Waals surface area contributed by atoms with Crippen LogP contribution in [0, 0.1) is 0 Å². The number of hydrogen-bond acceptors (Lipinski definition) is 7. The van der Waals surface area contributed by atoms with E-state index in [1.165, 1.54) is 32.7 Å². The second-order valence-electron chi connectivity index (χ2n) is 6.79. The molecule has 0 unspecified atom stereocenters. The van der Waals surface area contributed by atoms with E-state index in [0.29, 0.717) is 30.4 Å². The lowest BCUT2D eigenvalue weighted by molar-refractivity contribution is 0.0769. The van der Waals surface area contributed by atoms with Crippen molar-refractivity contribution in [3.63, 3.8) is 0 Å². The van der Waals surface area contributed by atoms with Gasteiger partial charge in [0.05, 0.1) is 16.3 Å². The van der Waals surface area contributed by atoms with Gasteiger partial charge in [0, 0.05) is 25.7 Å². The van der Waals surface area contributed by atoms with E-state index < -0.39 is 10.0 Å². The molecule has 0 saturated carbocycles. The third-order valence-corrected chi connectivity index (χ3v) is 7.47. The molecule has 10 heteroatoms. The largest absolute Gasteiger partial charge is 0.337 e. The third kappa shape index (κ3) is 4.09. The lowest BCUT2D eigenvalue weighted by atomic mass is 10.2. The molecule has 0 bridgehead atoms. The van der Waals surface area contributed by atoms with Crippen LogP contribution in [0.1, 0.15) is 29.1 Å². The number of benzene rings is 1. The number of sulfonamides is 1. The van der Waals surface area contributed by atoms with Gasteiger partial charge in [-0.2, -0.15) is 9.29 Å². The zero-order chi connectivity index (χ0) is 20.4. The molecule has 2 aromatic heterocycles. The molecule has 1 aliphatic heterocycles. The molecule has 8 nitrogen and oxygen atoms in total. The molecule has 4 rings (SSSR count). The maximum Gasteiger partial charge on any atom is 0.254 e. The highest BCUT2D eigenvalue weighted by Gasteiger charge is 2.28. The van der Waals surface area contributed by atoms with E-state index >= 15 is 0 Å². The zero-order valence-corrected chi connectivity index (χ0v) is 17.4. The van der Waals surface area contributed by atoms with Gasteiger partial charge in [0.25, 0.3) is 5.91 Å². The summed E-state index contributed by atoms with van der Waals surface area (Å²) in [4.78, 5) is 19.6. The first-order valence-electron chi connectivity index (χ1n) is 9.17. The fraction of sp³-hybridized carbons (Fsp3) is 0.316. The number of aromatic nitrogens is 2. The van der Waals surface area contributed by atoms with Crippen molar-refractivity contribution in [1.82, 2.24) is 19.3 Å². The standard InChI is InChI=1S/C19H20N4O4S2/c1-22(13-17-20-18(21-27-17)16-8-5-11-28-16)19(24)14-6-4-7-15(12-14)29(25,26)23-9-2-3-10-23/h4-8,11-12H,2-3,9-10,13H2,1H3. The number of thiophene rings is 1. The Morgan fingerprint density at radius 1 is 1.24 bits per heavy atom. The van der Waals surface area contributed by atoms with E-state index in [-0.39, 0.29) is 17.3 Å². The van der Waals surface area contributed by atoms with Crippen LogP contribution in [-0.2, 0) is 16.6 Å². The molecule has 0 radical (unpaired) electrons. The van der Waals surface area contributed by atoms with E-state index in [4.69, 9.17) is 4.52 Å². The van der Waals surface area contributed by atoms with Gasteiger partial charge in [-0.05, 0) is 42.5 Å². The highest BCUT2D eigenvalue weighted by molar-refractivity contribution is 7.89. The zero-order valence-electron chi connectivity index (χ0n) is 15.8. The normalized spacial score (nSPS) is 14.9. The molecule has 0 atom stereocenters. The Morgan fingerprint density at radius 2 is 2.03 bits per heavy atom. The van der Waals surface area contributed by atoms with Crippen molar-refractivity contribution in [3.05, 3.63) is 53.2 Å². The minimum Gasteiger partial charge on any atom is -0.337 e. The monoisotopic (exact) mass is 432 g/mol. The molecule has 152 valence electrons. The van der Waals surface area contributed by atoms with Gasteiger partial charge in [-0.1, -0.05) is 17.3 Å². The van der Waals surface area contributed by atoms with Crippen LogP contribution in [0.25, 0.3) is 10.7 Å². The smallest absolute Gasteiger partial charge is 0.254 e. The summed E-state index contributed by atoms with van der Waals surface area (Å²) in [5.74, 6) is 0.471. The molecule has 3 aromatic rings. The maximum atomic E-state index is 12.8.